The van der Waals surface area contributed by atoms with Crippen LogP contribution in [0.15, 0.2) is 66.4 Å². The van der Waals surface area contributed by atoms with Crippen LogP contribution in [-0.2, 0) is 6.42 Å². The van der Waals surface area contributed by atoms with Gasteiger partial charge >= 0.3 is 0 Å². The fourth-order valence-corrected chi connectivity index (χ4v) is 2.24. The first-order chi connectivity index (χ1) is 12.9. The first-order valence-electron chi connectivity index (χ1n) is 10.1. The van der Waals surface area contributed by atoms with E-state index < -0.39 is 0 Å². The number of likely N-dealkylation sites (N-methyl/N-ethyl adjacent to an activating group) is 1. The molecule has 3 heteroatoms. The zero-order valence-corrected chi connectivity index (χ0v) is 18.4. The van der Waals surface area contributed by atoms with E-state index in [2.05, 4.69) is 68.1 Å². The summed E-state index contributed by atoms with van der Waals surface area (Å²) in [5.74, 6) is 5.06. The van der Waals surface area contributed by atoms with Crippen molar-refractivity contribution in [3.05, 3.63) is 72.0 Å². The van der Waals surface area contributed by atoms with Gasteiger partial charge in [-0.25, -0.2) is 0 Å². The molecule has 0 atom stereocenters. The normalized spacial score (nSPS) is 10.1. The van der Waals surface area contributed by atoms with Crippen molar-refractivity contribution < 1.29 is 0 Å². The van der Waals surface area contributed by atoms with Gasteiger partial charge in [-0.1, -0.05) is 88.6 Å². The van der Waals surface area contributed by atoms with Crippen LogP contribution in [0.5, 0.6) is 0 Å². The average molecular weight is 374 g/mol. The number of benzene rings is 1. The second-order valence-corrected chi connectivity index (χ2v) is 6.69. The number of rotatable bonds is 10. The molecule has 0 heterocycles. The maximum atomic E-state index is 5.06. The Balaban J connectivity index is 0. The number of aryl methyl sites for hydroxylation is 1. The van der Waals surface area contributed by atoms with Gasteiger partial charge in [-0.05, 0) is 43.9 Å². The molecule has 0 aliphatic heterocycles. The summed E-state index contributed by atoms with van der Waals surface area (Å²) < 4.78 is 0. The molecular formula is C24H43N3. The Morgan fingerprint density at radius 3 is 2.00 bits per heavy atom. The lowest BCUT2D eigenvalue weighted by Crippen LogP contribution is -2.22. The minimum absolute atomic E-state index is 0.958. The summed E-state index contributed by atoms with van der Waals surface area (Å²) in [5.41, 5.74) is 7.19. The molecule has 0 bridgehead atoms. The molecule has 0 spiro atoms. The zero-order chi connectivity index (χ0) is 20.9. The molecule has 1 aromatic rings. The molecule has 0 saturated carbocycles. The number of unbranched alkanes of at least 4 members (excludes halogenated alkanes) is 3. The van der Waals surface area contributed by atoms with Crippen LogP contribution >= 0.6 is 0 Å². The molecule has 154 valence electrons. The number of hydrogen-bond donors (Lipinski definition) is 3. The van der Waals surface area contributed by atoms with E-state index in [0.29, 0.717) is 0 Å². The first-order valence-corrected chi connectivity index (χ1v) is 10.1. The highest BCUT2D eigenvalue weighted by molar-refractivity contribution is 5.30. The van der Waals surface area contributed by atoms with E-state index in [1.807, 2.05) is 27.0 Å². The molecule has 0 radical (unpaired) electrons. The molecular weight excluding hydrogens is 330 g/mol. The summed E-state index contributed by atoms with van der Waals surface area (Å²) in [4.78, 5) is 0. The summed E-state index contributed by atoms with van der Waals surface area (Å²) in [6.45, 7) is 16.9. The van der Waals surface area contributed by atoms with Crippen molar-refractivity contribution >= 4 is 0 Å². The lowest BCUT2D eigenvalue weighted by molar-refractivity contribution is 0.613. The van der Waals surface area contributed by atoms with Crippen LogP contribution in [0, 0.1) is 0 Å². The van der Waals surface area contributed by atoms with E-state index >= 15 is 0 Å². The van der Waals surface area contributed by atoms with Crippen molar-refractivity contribution in [3.8, 4) is 0 Å². The molecule has 3 nitrogen and oxygen atoms in total. The van der Waals surface area contributed by atoms with Crippen molar-refractivity contribution in [2.75, 3.05) is 13.6 Å². The Kier molecular flexibility index (Phi) is 20.8. The SMILES string of the molecule is C=C(C)/C=C(/NC)C(=C)C.CCCCCCNN.CCCc1ccccc1. The van der Waals surface area contributed by atoms with Gasteiger partial charge in [0.15, 0.2) is 0 Å². The van der Waals surface area contributed by atoms with Crippen molar-refractivity contribution in [2.24, 2.45) is 5.84 Å². The van der Waals surface area contributed by atoms with Gasteiger partial charge in [0.2, 0.25) is 0 Å². The smallest absolute Gasteiger partial charge is 0.0363 e. The molecule has 27 heavy (non-hydrogen) atoms. The van der Waals surface area contributed by atoms with Gasteiger partial charge in [0.1, 0.15) is 0 Å². The average Bonchev–Trinajstić information content (AvgIpc) is 2.65. The quantitative estimate of drug-likeness (QED) is 0.207. The molecule has 1 aromatic carbocycles. The third kappa shape index (κ3) is 20.3. The number of hydrogen-bond acceptors (Lipinski definition) is 3. The first kappa shape index (κ1) is 27.4. The van der Waals surface area contributed by atoms with E-state index in [1.54, 1.807) is 0 Å². The highest BCUT2D eigenvalue weighted by Gasteiger charge is 1.91. The minimum Gasteiger partial charge on any atom is -0.388 e. The monoisotopic (exact) mass is 373 g/mol. The standard InChI is InChI=1S/C9H15N.C9H12.C6H16N2/c1-7(2)6-9(10-5)8(3)4;1-2-6-9-7-4-3-5-8-9;1-2-3-4-5-6-8-7/h6,10H,1,3H2,2,4-5H3;3-5,7-8H,2,6H2,1H3;8H,2-7H2,1H3/b9-6+;;. The second kappa shape index (κ2) is 20.5. The van der Waals surface area contributed by atoms with E-state index in [1.165, 1.54) is 44.1 Å². The van der Waals surface area contributed by atoms with Crippen LogP contribution in [0.4, 0.5) is 0 Å². The van der Waals surface area contributed by atoms with Gasteiger partial charge in [0.05, 0.1) is 0 Å². The van der Waals surface area contributed by atoms with Crippen molar-refractivity contribution in [2.45, 2.75) is 66.2 Å². The summed E-state index contributed by atoms with van der Waals surface area (Å²) >= 11 is 0. The van der Waals surface area contributed by atoms with Crippen LogP contribution in [0.25, 0.3) is 0 Å². The fraction of sp³-hybridized carbons (Fsp3) is 0.500. The zero-order valence-electron chi connectivity index (χ0n) is 18.4. The minimum atomic E-state index is 0.958. The lowest BCUT2D eigenvalue weighted by atomic mass is 10.1. The Morgan fingerprint density at radius 2 is 1.63 bits per heavy atom. The van der Waals surface area contributed by atoms with Gasteiger partial charge in [-0.15, -0.1) is 0 Å². The largest absolute Gasteiger partial charge is 0.388 e. The van der Waals surface area contributed by atoms with E-state index in [-0.39, 0.29) is 0 Å². The van der Waals surface area contributed by atoms with Crippen molar-refractivity contribution in [3.63, 3.8) is 0 Å². The Labute approximate surface area is 168 Å². The van der Waals surface area contributed by atoms with Crippen LogP contribution in [0.3, 0.4) is 0 Å². The summed E-state index contributed by atoms with van der Waals surface area (Å²) in [7, 11) is 1.88. The van der Waals surface area contributed by atoms with Crippen molar-refractivity contribution in [1.82, 2.24) is 10.7 Å². The summed E-state index contributed by atoms with van der Waals surface area (Å²) in [5, 5.41) is 3.03. The van der Waals surface area contributed by atoms with Crippen molar-refractivity contribution in [1.29, 1.82) is 0 Å². The van der Waals surface area contributed by atoms with E-state index in [0.717, 1.165) is 23.4 Å². The van der Waals surface area contributed by atoms with Gasteiger partial charge in [-0.3, -0.25) is 11.3 Å². The predicted molar refractivity (Wildman–Crippen MR) is 124 cm³/mol. The molecule has 0 saturated heterocycles. The Hall–Kier alpha value is -1.84. The van der Waals surface area contributed by atoms with Gasteiger partial charge in [-0.2, -0.15) is 0 Å². The van der Waals surface area contributed by atoms with Crippen LogP contribution in [0.2, 0.25) is 0 Å². The number of allylic oxidation sites excluding steroid dienone is 3. The highest BCUT2D eigenvalue weighted by atomic mass is 15.2. The Bertz CT molecular complexity index is 498. The highest BCUT2D eigenvalue weighted by Crippen LogP contribution is 2.04. The third-order valence-electron chi connectivity index (χ3n) is 3.68. The molecule has 0 aliphatic rings. The maximum Gasteiger partial charge on any atom is 0.0363 e. The predicted octanol–water partition coefficient (Wildman–Crippen LogP) is 5.91. The topological polar surface area (TPSA) is 50.1 Å². The molecule has 0 aromatic heterocycles. The molecule has 0 fully saturated rings. The fourth-order valence-electron chi connectivity index (χ4n) is 2.24. The molecule has 0 unspecified atom stereocenters. The number of nitrogens with two attached hydrogens (primary N) is 1. The van der Waals surface area contributed by atoms with Gasteiger partial charge < -0.3 is 5.32 Å². The third-order valence-corrected chi connectivity index (χ3v) is 3.68. The molecule has 1 rings (SSSR count). The van der Waals surface area contributed by atoms with Crippen LogP contribution < -0.4 is 16.6 Å². The van der Waals surface area contributed by atoms with Gasteiger partial charge in [0.25, 0.3) is 0 Å². The van der Waals surface area contributed by atoms with E-state index in [9.17, 15) is 0 Å². The van der Waals surface area contributed by atoms with E-state index in [4.69, 9.17) is 5.84 Å². The summed E-state index contributed by atoms with van der Waals surface area (Å²) in [6, 6.07) is 10.6. The number of hydrazine groups is 1. The number of nitrogens with one attached hydrogen (secondary N) is 2. The maximum absolute atomic E-state index is 5.06. The summed E-state index contributed by atoms with van der Waals surface area (Å²) in [6.07, 6.45) is 9.57. The Morgan fingerprint density at radius 1 is 1.00 bits per heavy atom. The van der Waals surface area contributed by atoms with Crippen LogP contribution in [-0.4, -0.2) is 13.6 Å². The van der Waals surface area contributed by atoms with Gasteiger partial charge in [0, 0.05) is 19.3 Å². The second-order valence-electron chi connectivity index (χ2n) is 6.69. The molecule has 4 N–H and O–H groups in total. The molecule has 0 amide bonds. The lowest BCUT2D eigenvalue weighted by Gasteiger charge is -2.04. The molecule has 0 aliphatic carbocycles. The van der Waals surface area contributed by atoms with Crippen LogP contribution in [0.1, 0.15) is 65.4 Å².